The monoisotopic (exact) mass is 290 g/mol. The molecule has 1 aliphatic heterocycles. The third-order valence-electron chi connectivity index (χ3n) is 4.84. The van der Waals surface area contributed by atoms with Gasteiger partial charge in [-0.15, -0.1) is 0 Å². The van der Waals surface area contributed by atoms with Gasteiger partial charge in [0.2, 0.25) is 0 Å². The zero-order valence-electron chi connectivity index (χ0n) is 13.6. The summed E-state index contributed by atoms with van der Waals surface area (Å²) in [5.74, 6) is 0.836. The molecule has 1 aromatic rings. The van der Waals surface area contributed by atoms with Gasteiger partial charge in [-0.25, -0.2) is 0 Å². The molecule has 2 aliphatic rings. The van der Waals surface area contributed by atoms with E-state index in [-0.39, 0.29) is 0 Å². The van der Waals surface area contributed by atoms with Crippen molar-refractivity contribution < 1.29 is 0 Å². The van der Waals surface area contributed by atoms with Crippen molar-refractivity contribution in [1.82, 2.24) is 20.0 Å². The van der Waals surface area contributed by atoms with Crippen molar-refractivity contribution in [3.63, 3.8) is 0 Å². The maximum absolute atomic E-state index is 4.68. The summed E-state index contributed by atoms with van der Waals surface area (Å²) in [5, 5.41) is 8.38. The molecule has 3 rings (SSSR count). The lowest BCUT2D eigenvalue weighted by molar-refractivity contribution is 0.161. The Labute approximate surface area is 128 Å². The third kappa shape index (κ3) is 4.07. The van der Waals surface area contributed by atoms with E-state index in [1.54, 1.807) is 0 Å². The van der Waals surface area contributed by atoms with Crippen LogP contribution in [0.2, 0.25) is 0 Å². The topological polar surface area (TPSA) is 33.1 Å². The van der Waals surface area contributed by atoms with E-state index in [1.807, 2.05) is 0 Å². The van der Waals surface area contributed by atoms with E-state index in [1.165, 1.54) is 56.7 Å². The van der Waals surface area contributed by atoms with Crippen LogP contribution in [0.4, 0.5) is 0 Å². The molecular weight excluding hydrogens is 260 g/mol. The van der Waals surface area contributed by atoms with Crippen molar-refractivity contribution >= 4 is 0 Å². The van der Waals surface area contributed by atoms with Crippen LogP contribution < -0.4 is 5.32 Å². The van der Waals surface area contributed by atoms with Crippen LogP contribution in [0.15, 0.2) is 6.07 Å². The van der Waals surface area contributed by atoms with Crippen molar-refractivity contribution in [1.29, 1.82) is 0 Å². The highest BCUT2D eigenvalue weighted by Gasteiger charge is 2.25. The van der Waals surface area contributed by atoms with Crippen LogP contribution in [0.25, 0.3) is 0 Å². The Bertz CT molecular complexity index is 450. The molecule has 0 aromatic carbocycles. The zero-order chi connectivity index (χ0) is 14.7. The van der Waals surface area contributed by atoms with Gasteiger partial charge in [0.05, 0.1) is 11.4 Å². The van der Waals surface area contributed by atoms with Crippen molar-refractivity contribution in [2.45, 2.75) is 65.1 Å². The summed E-state index contributed by atoms with van der Waals surface area (Å²) in [6.07, 6.45) is 6.56. The minimum absolute atomic E-state index is 0.836. The van der Waals surface area contributed by atoms with Gasteiger partial charge >= 0.3 is 0 Å². The molecule has 118 valence electrons. The number of nitrogens with zero attached hydrogens (tertiary/aromatic N) is 3. The average molecular weight is 290 g/mol. The fourth-order valence-electron chi connectivity index (χ4n) is 3.40. The van der Waals surface area contributed by atoms with Crippen LogP contribution in [0.3, 0.4) is 0 Å². The summed E-state index contributed by atoms with van der Waals surface area (Å²) in [7, 11) is 0. The summed E-state index contributed by atoms with van der Waals surface area (Å²) in [4.78, 5) is 2.63. The van der Waals surface area contributed by atoms with Crippen molar-refractivity contribution in [3.8, 4) is 0 Å². The molecule has 1 saturated carbocycles. The lowest BCUT2D eigenvalue weighted by Gasteiger charge is -2.33. The Morgan fingerprint density at radius 1 is 1.29 bits per heavy atom. The number of rotatable bonds is 7. The second-order valence-electron chi connectivity index (χ2n) is 6.72. The molecule has 1 N–H and O–H groups in total. The van der Waals surface area contributed by atoms with Gasteiger partial charge in [0.25, 0.3) is 0 Å². The normalized spacial score (nSPS) is 23.6. The van der Waals surface area contributed by atoms with Gasteiger partial charge in [-0.05, 0) is 64.1 Å². The molecule has 0 radical (unpaired) electrons. The SMILES string of the molecule is CCc1cc(CN2CCCC(CNC3CC3)C2)n(CC)n1. The minimum Gasteiger partial charge on any atom is -0.314 e. The second-order valence-corrected chi connectivity index (χ2v) is 6.72. The maximum Gasteiger partial charge on any atom is 0.0625 e. The quantitative estimate of drug-likeness (QED) is 0.837. The molecule has 1 aromatic heterocycles. The number of aromatic nitrogens is 2. The molecule has 2 heterocycles. The van der Waals surface area contributed by atoms with Crippen molar-refractivity contribution in [2.24, 2.45) is 5.92 Å². The van der Waals surface area contributed by atoms with Gasteiger partial charge in [-0.1, -0.05) is 6.92 Å². The predicted molar refractivity (Wildman–Crippen MR) is 86.3 cm³/mol. The van der Waals surface area contributed by atoms with Gasteiger partial charge in [-0.2, -0.15) is 5.10 Å². The van der Waals surface area contributed by atoms with E-state index >= 15 is 0 Å². The van der Waals surface area contributed by atoms with E-state index < -0.39 is 0 Å². The summed E-state index contributed by atoms with van der Waals surface area (Å²) < 4.78 is 2.19. The Kier molecular flexibility index (Phi) is 4.96. The number of hydrogen-bond donors (Lipinski definition) is 1. The fourth-order valence-corrected chi connectivity index (χ4v) is 3.40. The van der Waals surface area contributed by atoms with E-state index in [2.05, 4.69) is 39.9 Å². The first-order valence-corrected chi connectivity index (χ1v) is 8.79. The Balaban J connectivity index is 1.54. The van der Waals surface area contributed by atoms with Gasteiger partial charge in [0.15, 0.2) is 0 Å². The molecule has 1 aliphatic carbocycles. The number of likely N-dealkylation sites (tertiary alicyclic amines) is 1. The Morgan fingerprint density at radius 2 is 2.14 bits per heavy atom. The van der Waals surface area contributed by atoms with Crippen molar-refractivity contribution in [2.75, 3.05) is 19.6 Å². The van der Waals surface area contributed by atoms with Gasteiger partial charge < -0.3 is 5.32 Å². The van der Waals surface area contributed by atoms with E-state index in [0.717, 1.165) is 31.5 Å². The molecule has 0 spiro atoms. The van der Waals surface area contributed by atoms with Crippen LogP contribution in [0, 0.1) is 5.92 Å². The summed E-state index contributed by atoms with van der Waals surface area (Å²) >= 11 is 0. The summed E-state index contributed by atoms with van der Waals surface area (Å²) in [6.45, 7) is 10.1. The standard InChI is InChI=1S/C17H30N4/c1-3-15-10-17(21(4-2)19-15)13-20-9-5-6-14(12-20)11-18-16-7-8-16/h10,14,16,18H,3-9,11-13H2,1-2H3. The molecule has 4 heteroatoms. The number of aryl methyl sites for hydroxylation is 2. The highest BCUT2D eigenvalue weighted by Crippen LogP contribution is 2.22. The van der Waals surface area contributed by atoms with Gasteiger partial charge in [0, 0.05) is 25.7 Å². The Morgan fingerprint density at radius 3 is 2.86 bits per heavy atom. The van der Waals surface area contributed by atoms with Crippen LogP contribution in [0.5, 0.6) is 0 Å². The fraction of sp³-hybridized carbons (Fsp3) is 0.824. The predicted octanol–water partition coefficient (Wildman–Crippen LogP) is 2.43. The Hall–Kier alpha value is -0.870. The average Bonchev–Trinajstić information content (AvgIpc) is 3.26. The third-order valence-corrected chi connectivity index (χ3v) is 4.84. The molecule has 0 amide bonds. The van der Waals surface area contributed by atoms with E-state index in [9.17, 15) is 0 Å². The molecule has 1 atom stereocenters. The van der Waals surface area contributed by atoms with Crippen LogP contribution in [-0.2, 0) is 19.5 Å². The van der Waals surface area contributed by atoms with Crippen LogP contribution in [-0.4, -0.2) is 40.4 Å². The van der Waals surface area contributed by atoms with Gasteiger partial charge in [0.1, 0.15) is 0 Å². The first kappa shape index (κ1) is 15.0. The first-order valence-electron chi connectivity index (χ1n) is 8.79. The van der Waals surface area contributed by atoms with Gasteiger partial charge in [-0.3, -0.25) is 9.58 Å². The van der Waals surface area contributed by atoms with E-state index in [4.69, 9.17) is 0 Å². The van der Waals surface area contributed by atoms with E-state index in [0.29, 0.717) is 0 Å². The largest absolute Gasteiger partial charge is 0.314 e. The highest BCUT2D eigenvalue weighted by molar-refractivity contribution is 5.10. The maximum atomic E-state index is 4.68. The molecule has 1 unspecified atom stereocenters. The summed E-state index contributed by atoms with van der Waals surface area (Å²) in [5.41, 5.74) is 2.63. The van der Waals surface area contributed by atoms with Crippen LogP contribution >= 0.6 is 0 Å². The lowest BCUT2D eigenvalue weighted by Crippen LogP contribution is -2.40. The number of nitrogens with one attached hydrogen (secondary N) is 1. The molecule has 2 fully saturated rings. The minimum atomic E-state index is 0.836. The van der Waals surface area contributed by atoms with Crippen molar-refractivity contribution in [3.05, 3.63) is 17.5 Å². The smallest absolute Gasteiger partial charge is 0.0625 e. The zero-order valence-corrected chi connectivity index (χ0v) is 13.6. The molecule has 4 nitrogen and oxygen atoms in total. The number of piperidine rings is 1. The lowest BCUT2D eigenvalue weighted by atomic mass is 9.98. The highest BCUT2D eigenvalue weighted by atomic mass is 15.3. The second kappa shape index (κ2) is 6.93. The molecule has 0 bridgehead atoms. The molecule has 1 saturated heterocycles. The summed E-state index contributed by atoms with van der Waals surface area (Å²) in [6, 6.07) is 3.14. The first-order chi connectivity index (χ1) is 10.3. The molecular formula is C17H30N4. The van der Waals surface area contributed by atoms with Crippen LogP contribution in [0.1, 0.15) is 50.9 Å². The molecule has 21 heavy (non-hydrogen) atoms. The number of hydrogen-bond acceptors (Lipinski definition) is 3.